The number of hydrogen-bond acceptors (Lipinski definition) is 6. The number of hydrogen-bond donors (Lipinski definition) is 1. The number of benzene rings is 2. The van der Waals surface area contributed by atoms with E-state index in [1.54, 1.807) is 42.0 Å². The van der Waals surface area contributed by atoms with Gasteiger partial charge < -0.3 is 23.9 Å². The van der Waals surface area contributed by atoms with Crippen LogP contribution in [0.5, 0.6) is 23.0 Å². The van der Waals surface area contributed by atoms with Gasteiger partial charge in [-0.15, -0.1) is 0 Å². The average Bonchev–Trinajstić information content (AvgIpc) is 2.82. The van der Waals surface area contributed by atoms with Crippen LogP contribution in [0, 0.1) is 6.92 Å². The van der Waals surface area contributed by atoms with Crippen LogP contribution in [0.3, 0.4) is 0 Å². The molecule has 7 nitrogen and oxygen atoms in total. The van der Waals surface area contributed by atoms with E-state index in [1.165, 1.54) is 0 Å². The molecule has 1 atom stereocenters. The standard InChI is InChI=1S/C28H29NO6/c1-17(2)16-34-23-10-7-20(14-24(23)33-4)22-15-26(31)35-25-13-18(3)29(28(32)27(22)25)12-11-19-5-8-21(30)9-6-19/h5-10,13-14,22,30H,1,11-12,15-16H2,2-4H3. The number of nitrogens with zero attached hydrogens (tertiary/aromatic N) is 1. The van der Waals surface area contributed by atoms with Crippen molar-refractivity contribution in [1.82, 2.24) is 4.57 Å². The minimum atomic E-state index is -0.469. The molecule has 1 aromatic heterocycles. The van der Waals surface area contributed by atoms with Crippen molar-refractivity contribution in [2.24, 2.45) is 0 Å². The van der Waals surface area contributed by atoms with Crippen molar-refractivity contribution in [3.8, 4) is 23.0 Å². The molecule has 2 aromatic carbocycles. The first kappa shape index (κ1) is 24.1. The fourth-order valence-corrected chi connectivity index (χ4v) is 4.28. The summed E-state index contributed by atoms with van der Waals surface area (Å²) in [5, 5.41) is 9.51. The van der Waals surface area contributed by atoms with Crippen molar-refractivity contribution >= 4 is 5.97 Å². The third-order valence-corrected chi connectivity index (χ3v) is 6.07. The number of aromatic nitrogens is 1. The fraction of sp³-hybridized carbons (Fsp3) is 0.286. The summed E-state index contributed by atoms with van der Waals surface area (Å²) in [6.45, 7) is 8.37. The highest BCUT2D eigenvalue weighted by molar-refractivity contribution is 5.77. The number of fused-ring (bicyclic) bond motifs is 1. The number of phenolic OH excluding ortho intramolecular Hbond substituents is 1. The van der Waals surface area contributed by atoms with Gasteiger partial charge in [-0.2, -0.15) is 0 Å². The van der Waals surface area contributed by atoms with Crippen LogP contribution in [-0.2, 0) is 17.8 Å². The molecule has 0 amide bonds. The van der Waals surface area contributed by atoms with Crippen molar-refractivity contribution in [3.63, 3.8) is 0 Å². The molecule has 1 aliphatic heterocycles. The third kappa shape index (κ3) is 5.24. The lowest BCUT2D eigenvalue weighted by Crippen LogP contribution is -2.33. The Balaban J connectivity index is 1.70. The quantitative estimate of drug-likeness (QED) is 0.381. The van der Waals surface area contributed by atoms with Crippen LogP contribution in [0.2, 0.25) is 0 Å². The summed E-state index contributed by atoms with van der Waals surface area (Å²) < 4.78 is 18.5. The minimum Gasteiger partial charge on any atom is -0.508 e. The second kappa shape index (κ2) is 10.1. The summed E-state index contributed by atoms with van der Waals surface area (Å²) in [6, 6.07) is 14.1. The number of carbonyl (C=O) groups excluding carboxylic acids is 1. The Morgan fingerprint density at radius 3 is 2.57 bits per heavy atom. The molecule has 182 valence electrons. The van der Waals surface area contributed by atoms with Crippen molar-refractivity contribution in [3.05, 3.63) is 93.4 Å². The Hall–Kier alpha value is -4.00. The molecule has 0 aliphatic carbocycles. The minimum absolute atomic E-state index is 0.0540. The number of phenols is 1. The van der Waals surface area contributed by atoms with Crippen LogP contribution in [0.1, 0.15) is 41.6 Å². The second-order valence-corrected chi connectivity index (χ2v) is 8.82. The van der Waals surface area contributed by atoms with Crippen molar-refractivity contribution in [2.75, 3.05) is 13.7 Å². The van der Waals surface area contributed by atoms with E-state index in [0.717, 1.165) is 16.7 Å². The molecule has 0 bridgehead atoms. The predicted octanol–water partition coefficient (Wildman–Crippen LogP) is 4.51. The fourth-order valence-electron chi connectivity index (χ4n) is 4.28. The van der Waals surface area contributed by atoms with Gasteiger partial charge in [0.1, 0.15) is 18.1 Å². The predicted molar refractivity (Wildman–Crippen MR) is 133 cm³/mol. The van der Waals surface area contributed by atoms with Gasteiger partial charge in [0.25, 0.3) is 5.56 Å². The van der Waals surface area contributed by atoms with Crippen LogP contribution < -0.4 is 19.8 Å². The van der Waals surface area contributed by atoms with Crippen LogP contribution in [0.25, 0.3) is 0 Å². The van der Waals surface area contributed by atoms with Gasteiger partial charge in [0.15, 0.2) is 11.5 Å². The molecule has 3 aromatic rings. The summed E-state index contributed by atoms with van der Waals surface area (Å²) in [7, 11) is 1.55. The maximum Gasteiger partial charge on any atom is 0.312 e. The van der Waals surface area contributed by atoms with Crippen LogP contribution in [0.4, 0.5) is 0 Å². The van der Waals surface area contributed by atoms with Gasteiger partial charge in [0.05, 0.1) is 19.1 Å². The van der Waals surface area contributed by atoms with E-state index >= 15 is 0 Å². The van der Waals surface area contributed by atoms with Gasteiger partial charge in [0.2, 0.25) is 0 Å². The highest BCUT2D eigenvalue weighted by Crippen LogP contribution is 2.40. The Kier molecular flexibility index (Phi) is 6.96. The van der Waals surface area contributed by atoms with E-state index in [0.29, 0.717) is 48.1 Å². The summed E-state index contributed by atoms with van der Waals surface area (Å²) in [5.41, 5.74) is 3.64. The van der Waals surface area contributed by atoms with E-state index in [9.17, 15) is 14.7 Å². The van der Waals surface area contributed by atoms with Crippen LogP contribution in [-0.4, -0.2) is 29.4 Å². The largest absolute Gasteiger partial charge is 0.508 e. The van der Waals surface area contributed by atoms with E-state index in [2.05, 4.69) is 6.58 Å². The molecule has 1 unspecified atom stereocenters. The molecule has 0 radical (unpaired) electrons. The van der Waals surface area contributed by atoms with E-state index in [-0.39, 0.29) is 23.7 Å². The monoisotopic (exact) mass is 475 g/mol. The maximum absolute atomic E-state index is 13.7. The normalized spacial score (nSPS) is 14.7. The number of ether oxygens (including phenoxy) is 3. The smallest absolute Gasteiger partial charge is 0.312 e. The van der Waals surface area contributed by atoms with E-state index in [1.807, 2.05) is 32.0 Å². The van der Waals surface area contributed by atoms with Gasteiger partial charge in [0, 0.05) is 24.2 Å². The van der Waals surface area contributed by atoms with Gasteiger partial charge in [-0.05, 0) is 61.2 Å². The number of aromatic hydroxyl groups is 1. The lowest BCUT2D eigenvalue weighted by atomic mass is 9.86. The Labute approximate surface area is 204 Å². The maximum atomic E-state index is 13.7. The lowest BCUT2D eigenvalue weighted by Gasteiger charge is -2.26. The summed E-state index contributed by atoms with van der Waals surface area (Å²) in [6.07, 6.45) is 0.672. The summed E-state index contributed by atoms with van der Waals surface area (Å²) in [5.74, 6) is 0.730. The molecule has 1 aliphatic rings. The van der Waals surface area contributed by atoms with Crippen LogP contribution >= 0.6 is 0 Å². The van der Waals surface area contributed by atoms with Gasteiger partial charge in [-0.3, -0.25) is 9.59 Å². The molecule has 0 saturated carbocycles. The van der Waals surface area contributed by atoms with E-state index in [4.69, 9.17) is 14.2 Å². The number of rotatable bonds is 8. The average molecular weight is 476 g/mol. The molecule has 0 saturated heterocycles. The number of methoxy groups -OCH3 is 1. The van der Waals surface area contributed by atoms with Crippen LogP contribution in [0.15, 0.2) is 65.5 Å². The first-order valence-electron chi connectivity index (χ1n) is 11.4. The van der Waals surface area contributed by atoms with Crippen molar-refractivity contribution in [2.45, 2.75) is 39.2 Å². The van der Waals surface area contributed by atoms with Gasteiger partial charge in [-0.25, -0.2) is 0 Å². The SMILES string of the molecule is C=C(C)COc1ccc(C2CC(=O)Oc3cc(C)n(CCc4ccc(O)cc4)c(=O)c32)cc1OC. The molecular weight excluding hydrogens is 446 g/mol. The Bertz CT molecular complexity index is 1320. The zero-order valence-corrected chi connectivity index (χ0v) is 20.2. The Morgan fingerprint density at radius 2 is 1.89 bits per heavy atom. The summed E-state index contributed by atoms with van der Waals surface area (Å²) >= 11 is 0. The molecule has 35 heavy (non-hydrogen) atoms. The molecule has 0 spiro atoms. The van der Waals surface area contributed by atoms with Gasteiger partial charge >= 0.3 is 5.97 Å². The summed E-state index contributed by atoms with van der Waals surface area (Å²) in [4.78, 5) is 26.1. The molecule has 4 rings (SSSR count). The first-order chi connectivity index (χ1) is 16.8. The lowest BCUT2D eigenvalue weighted by molar-refractivity contribution is -0.135. The highest BCUT2D eigenvalue weighted by Gasteiger charge is 2.33. The molecular formula is C28H29NO6. The topological polar surface area (TPSA) is 87.0 Å². The number of pyridine rings is 1. The van der Waals surface area contributed by atoms with E-state index < -0.39 is 5.92 Å². The first-order valence-corrected chi connectivity index (χ1v) is 11.4. The Morgan fingerprint density at radius 1 is 1.14 bits per heavy atom. The zero-order chi connectivity index (χ0) is 25.1. The molecule has 0 fully saturated rings. The third-order valence-electron chi connectivity index (χ3n) is 6.07. The molecule has 7 heteroatoms. The van der Waals surface area contributed by atoms with Crippen molar-refractivity contribution < 1.29 is 24.1 Å². The number of esters is 1. The number of aryl methyl sites for hydroxylation is 2. The second-order valence-electron chi connectivity index (χ2n) is 8.82. The zero-order valence-electron chi connectivity index (χ0n) is 20.2. The van der Waals surface area contributed by atoms with Crippen molar-refractivity contribution in [1.29, 1.82) is 0 Å². The molecule has 2 heterocycles. The highest BCUT2D eigenvalue weighted by atomic mass is 16.5. The molecule has 1 N–H and O–H groups in total. The van der Waals surface area contributed by atoms with Gasteiger partial charge in [-0.1, -0.05) is 24.8 Å². The number of carbonyl (C=O) groups is 1.